The fraction of sp³-hybridized carbons (Fsp3) is 0.571. The first-order valence-electron chi connectivity index (χ1n) is 5.86. The normalized spacial score (nSPS) is 23.7. The van der Waals surface area contributed by atoms with Crippen molar-refractivity contribution in [1.82, 2.24) is 5.32 Å². The van der Waals surface area contributed by atoms with Gasteiger partial charge in [0.05, 0.1) is 5.37 Å². The van der Waals surface area contributed by atoms with Gasteiger partial charge >= 0.3 is 0 Å². The number of rotatable bonds is 1. The van der Waals surface area contributed by atoms with Crippen molar-refractivity contribution in [2.75, 3.05) is 5.75 Å². The summed E-state index contributed by atoms with van der Waals surface area (Å²) in [5, 5.41) is 4.16. The molecule has 1 aliphatic rings. The Morgan fingerprint density at radius 1 is 1.12 bits per heavy atom. The van der Waals surface area contributed by atoms with Gasteiger partial charge in [-0.15, -0.1) is 11.8 Å². The maximum Gasteiger partial charge on any atom is 0.0797 e. The zero-order chi connectivity index (χ0) is 11.9. The lowest BCUT2D eigenvalue weighted by Gasteiger charge is -2.21. The van der Waals surface area contributed by atoms with Crippen molar-refractivity contribution in [1.29, 1.82) is 0 Å². The minimum Gasteiger partial charge on any atom is -0.296 e. The molecule has 1 fully saturated rings. The molecule has 1 nitrogen and oxygen atoms in total. The molecule has 16 heavy (non-hydrogen) atoms. The molecular weight excluding hydrogens is 214 g/mol. The number of benzene rings is 1. The first-order valence-corrected chi connectivity index (χ1v) is 6.91. The van der Waals surface area contributed by atoms with Crippen LogP contribution in [0.2, 0.25) is 0 Å². The topological polar surface area (TPSA) is 12.0 Å². The average Bonchev–Trinajstić information content (AvgIpc) is 2.52. The van der Waals surface area contributed by atoms with Gasteiger partial charge < -0.3 is 0 Å². The van der Waals surface area contributed by atoms with Crippen molar-refractivity contribution < 1.29 is 0 Å². The number of nitrogens with one attached hydrogen (secondary N) is 1. The van der Waals surface area contributed by atoms with Gasteiger partial charge in [0.15, 0.2) is 0 Å². The number of hydrogen-bond acceptors (Lipinski definition) is 2. The maximum atomic E-state index is 3.70. The maximum absolute atomic E-state index is 3.70. The van der Waals surface area contributed by atoms with Crippen LogP contribution < -0.4 is 5.32 Å². The standard InChI is InChI=1S/C14H21NS/c1-9-6-11(3)12(7-10(9)2)13-15-14(4,5)8-16-13/h6-7,13,15H,8H2,1-5H3. The van der Waals surface area contributed by atoms with Crippen LogP contribution in [0.3, 0.4) is 0 Å². The Morgan fingerprint density at radius 2 is 1.75 bits per heavy atom. The highest BCUT2D eigenvalue weighted by atomic mass is 32.2. The van der Waals surface area contributed by atoms with Gasteiger partial charge in [-0.05, 0) is 56.9 Å². The predicted molar refractivity (Wildman–Crippen MR) is 73.1 cm³/mol. The molecule has 0 aliphatic carbocycles. The summed E-state index contributed by atoms with van der Waals surface area (Å²) in [4.78, 5) is 0. The van der Waals surface area contributed by atoms with E-state index in [9.17, 15) is 0 Å². The summed E-state index contributed by atoms with van der Waals surface area (Å²) in [5.74, 6) is 1.18. The van der Waals surface area contributed by atoms with E-state index in [4.69, 9.17) is 0 Å². The molecule has 88 valence electrons. The zero-order valence-electron chi connectivity index (χ0n) is 10.8. The van der Waals surface area contributed by atoms with E-state index in [0.29, 0.717) is 5.37 Å². The van der Waals surface area contributed by atoms with Gasteiger partial charge in [-0.2, -0.15) is 0 Å². The second-order valence-corrected chi connectivity index (χ2v) is 6.61. The Balaban J connectivity index is 2.32. The summed E-state index contributed by atoms with van der Waals surface area (Å²) >= 11 is 2.02. The van der Waals surface area contributed by atoms with E-state index in [1.807, 2.05) is 11.8 Å². The second kappa shape index (κ2) is 4.08. The highest BCUT2D eigenvalue weighted by Gasteiger charge is 2.32. The molecule has 0 radical (unpaired) electrons. The highest BCUT2D eigenvalue weighted by molar-refractivity contribution is 7.99. The van der Waals surface area contributed by atoms with Crippen LogP contribution in [-0.2, 0) is 0 Å². The summed E-state index contributed by atoms with van der Waals surface area (Å²) in [5.41, 5.74) is 5.92. The summed E-state index contributed by atoms with van der Waals surface area (Å²) in [6.45, 7) is 11.1. The SMILES string of the molecule is Cc1cc(C)c(C2NC(C)(C)CS2)cc1C. The molecule has 1 saturated heterocycles. The molecule has 0 saturated carbocycles. The molecule has 1 unspecified atom stereocenters. The van der Waals surface area contributed by atoms with E-state index in [1.165, 1.54) is 28.0 Å². The monoisotopic (exact) mass is 235 g/mol. The van der Waals surface area contributed by atoms with Crippen molar-refractivity contribution >= 4 is 11.8 Å². The molecule has 1 N–H and O–H groups in total. The average molecular weight is 235 g/mol. The minimum atomic E-state index is 0.264. The van der Waals surface area contributed by atoms with Crippen molar-refractivity contribution in [2.24, 2.45) is 0 Å². The lowest BCUT2D eigenvalue weighted by atomic mass is 10.00. The molecule has 1 aromatic carbocycles. The van der Waals surface area contributed by atoms with Gasteiger partial charge in [-0.1, -0.05) is 12.1 Å². The molecule has 1 atom stereocenters. The summed E-state index contributed by atoms with van der Waals surface area (Å²) in [6.07, 6.45) is 0. The highest BCUT2D eigenvalue weighted by Crippen LogP contribution is 2.39. The molecule has 1 aliphatic heterocycles. The van der Waals surface area contributed by atoms with E-state index < -0.39 is 0 Å². The fourth-order valence-electron chi connectivity index (χ4n) is 2.16. The first-order chi connectivity index (χ1) is 7.39. The second-order valence-electron chi connectivity index (χ2n) is 5.51. The zero-order valence-corrected chi connectivity index (χ0v) is 11.7. The van der Waals surface area contributed by atoms with Crippen molar-refractivity contribution in [2.45, 2.75) is 45.5 Å². The third-order valence-electron chi connectivity index (χ3n) is 3.30. The van der Waals surface area contributed by atoms with Gasteiger partial charge in [0.1, 0.15) is 0 Å². The molecule has 0 aromatic heterocycles. The molecule has 0 spiro atoms. The minimum absolute atomic E-state index is 0.264. The van der Waals surface area contributed by atoms with Crippen molar-refractivity contribution in [3.63, 3.8) is 0 Å². The van der Waals surface area contributed by atoms with Crippen LogP contribution in [0, 0.1) is 20.8 Å². The van der Waals surface area contributed by atoms with Crippen LogP contribution in [0.5, 0.6) is 0 Å². The van der Waals surface area contributed by atoms with Gasteiger partial charge in [-0.25, -0.2) is 0 Å². The Morgan fingerprint density at radius 3 is 2.31 bits per heavy atom. The van der Waals surface area contributed by atoms with Crippen LogP contribution in [0.1, 0.15) is 41.5 Å². The van der Waals surface area contributed by atoms with E-state index in [1.54, 1.807) is 0 Å². The molecule has 2 heteroatoms. The molecule has 0 bridgehead atoms. The summed E-state index contributed by atoms with van der Waals surface area (Å²) in [6, 6.07) is 4.65. The van der Waals surface area contributed by atoms with Crippen molar-refractivity contribution in [3.05, 3.63) is 34.4 Å². The predicted octanol–water partition coefficient (Wildman–Crippen LogP) is 3.73. The van der Waals surface area contributed by atoms with Gasteiger partial charge in [0.25, 0.3) is 0 Å². The Labute approximate surface area is 103 Å². The van der Waals surface area contributed by atoms with Crippen LogP contribution in [0.15, 0.2) is 12.1 Å². The number of aryl methyl sites for hydroxylation is 3. The Kier molecular flexibility index (Phi) is 3.06. The smallest absolute Gasteiger partial charge is 0.0797 e. The van der Waals surface area contributed by atoms with Gasteiger partial charge in [0.2, 0.25) is 0 Å². The molecule has 1 aromatic rings. The van der Waals surface area contributed by atoms with E-state index in [-0.39, 0.29) is 5.54 Å². The lowest BCUT2D eigenvalue weighted by Crippen LogP contribution is -2.36. The molecular formula is C14H21NS. The Bertz CT molecular complexity index is 409. The van der Waals surface area contributed by atoms with Crippen LogP contribution in [0.4, 0.5) is 0 Å². The van der Waals surface area contributed by atoms with E-state index in [2.05, 4.69) is 52.1 Å². The molecule has 0 amide bonds. The molecule has 1 heterocycles. The Hall–Kier alpha value is -0.470. The first kappa shape index (κ1) is 12.0. The van der Waals surface area contributed by atoms with Gasteiger partial charge in [-0.3, -0.25) is 5.32 Å². The van der Waals surface area contributed by atoms with Crippen LogP contribution in [-0.4, -0.2) is 11.3 Å². The quantitative estimate of drug-likeness (QED) is 0.796. The van der Waals surface area contributed by atoms with Gasteiger partial charge in [0, 0.05) is 11.3 Å². The lowest BCUT2D eigenvalue weighted by molar-refractivity contribution is 0.451. The molecule has 2 rings (SSSR count). The van der Waals surface area contributed by atoms with Crippen LogP contribution >= 0.6 is 11.8 Å². The van der Waals surface area contributed by atoms with Crippen LogP contribution in [0.25, 0.3) is 0 Å². The third-order valence-corrected chi connectivity index (χ3v) is 4.89. The number of thioether (sulfide) groups is 1. The van der Waals surface area contributed by atoms with Crippen molar-refractivity contribution in [3.8, 4) is 0 Å². The third kappa shape index (κ3) is 2.28. The number of hydrogen-bond donors (Lipinski definition) is 1. The van der Waals surface area contributed by atoms with E-state index in [0.717, 1.165) is 0 Å². The largest absolute Gasteiger partial charge is 0.296 e. The summed E-state index contributed by atoms with van der Waals surface area (Å²) < 4.78 is 0. The van der Waals surface area contributed by atoms with E-state index >= 15 is 0 Å². The summed E-state index contributed by atoms with van der Waals surface area (Å²) in [7, 11) is 0. The fourth-order valence-corrected chi connectivity index (χ4v) is 3.67.